The number of amides is 6. The number of carbonyl (C=O) groups excluding carboxylic acids is 5. The highest BCUT2D eigenvalue weighted by Gasteiger charge is 2.49. The second kappa shape index (κ2) is 6.85. The molecule has 6 amide bonds. The van der Waals surface area contributed by atoms with E-state index in [1.165, 1.54) is 0 Å². The SMILES string of the molecule is C[C@H]1CCCC[C@H]1N1C(=O)C(=O)N(CCN2C(=O)c3ccccc3C2=O)C1=O. The monoisotopic (exact) mass is 383 g/mol. The van der Waals surface area contributed by atoms with Gasteiger partial charge in [0.05, 0.1) is 11.1 Å². The molecule has 2 aliphatic heterocycles. The molecule has 1 saturated heterocycles. The van der Waals surface area contributed by atoms with E-state index >= 15 is 0 Å². The Kier molecular flexibility index (Phi) is 4.49. The van der Waals surface area contributed by atoms with Gasteiger partial charge in [-0.3, -0.25) is 33.9 Å². The maximum atomic E-state index is 12.8. The van der Waals surface area contributed by atoms with Crippen LogP contribution in [0.3, 0.4) is 0 Å². The van der Waals surface area contributed by atoms with Gasteiger partial charge in [-0.15, -0.1) is 0 Å². The van der Waals surface area contributed by atoms with Crippen molar-refractivity contribution >= 4 is 29.7 Å². The van der Waals surface area contributed by atoms with Crippen molar-refractivity contribution in [2.45, 2.75) is 38.6 Å². The second-order valence-electron chi connectivity index (χ2n) is 7.55. The van der Waals surface area contributed by atoms with Crippen molar-refractivity contribution in [2.24, 2.45) is 5.92 Å². The van der Waals surface area contributed by atoms with E-state index in [2.05, 4.69) is 0 Å². The van der Waals surface area contributed by atoms with Crippen LogP contribution >= 0.6 is 0 Å². The van der Waals surface area contributed by atoms with Crippen LogP contribution in [0.1, 0.15) is 53.3 Å². The molecule has 3 aliphatic rings. The number of fused-ring (bicyclic) bond motifs is 1. The van der Waals surface area contributed by atoms with E-state index in [1.807, 2.05) is 6.92 Å². The Labute approximate surface area is 162 Å². The highest BCUT2D eigenvalue weighted by atomic mass is 16.2. The van der Waals surface area contributed by atoms with Gasteiger partial charge in [-0.05, 0) is 30.9 Å². The normalized spacial score (nSPS) is 25.2. The van der Waals surface area contributed by atoms with Crippen LogP contribution in [0.25, 0.3) is 0 Å². The lowest BCUT2D eigenvalue weighted by Gasteiger charge is -2.34. The van der Waals surface area contributed by atoms with Crippen LogP contribution in [-0.2, 0) is 9.59 Å². The predicted octanol–water partition coefficient (Wildman–Crippen LogP) is 1.65. The molecule has 1 aliphatic carbocycles. The Bertz CT molecular complexity index is 861. The zero-order valence-electron chi connectivity index (χ0n) is 15.6. The average molecular weight is 383 g/mol. The van der Waals surface area contributed by atoms with Gasteiger partial charge >= 0.3 is 17.8 Å². The largest absolute Gasteiger partial charge is 0.334 e. The summed E-state index contributed by atoms with van der Waals surface area (Å²) in [6.07, 6.45) is 3.56. The number of rotatable bonds is 4. The van der Waals surface area contributed by atoms with Crippen molar-refractivity contribution in [1.29, 1.82) is 0 Å². The Hall–Kier alpha value is -3.03. The van der Waals surface area contributed by atoms with Crippen molar-refractivity contribution in [1.82, 2.24) is 14.7 Å². The number of carbonyl (C=O) groups is 5. The molecule has 28 heavy (non-hydrogen) atoms. The molecular weight excluding hydrogens is 362 g/mol. The summed E-state index contributed by atoms with van der Waals surface area (Å²) in [5, 5.41) is 0. The molecule has 0 bridgehead atoms. The Morgan fingerprint density at radius 2 is 1.36 bits per heavy atom. The van der Waals surface area contributed by atoms with Gasteiger partial charge < -0.3 is 0 Å². The number of nitrogens with zero attached hydrogens (tertiary/aromatic N) is 3. The minimum absolute atomic E-state index is 0.134. The minimum Gasteiger partial charge on any atom is -0.273 e. The lowest BCUT2D eigenvalue weighted by molar-refractivity contribution is -0.144. The predicted molar refractivity (Wildman–Crippen MR) is 97.2 cm³/mol. The van der Waals surface area contributed by atoms with Gasteiger partial charge in [0.15, 0.2) is 0 Å². The van der Waals surface area contributed by atoms with Gasteiger partial charge in [-0.25, -0.2) is 4.79 Å². The molecule has 0 spiro atoms. The van der Waals surface area contributed by atoms with Gasteiger partial charge in [0.2, 0.25) is 0 Å². The third-order valence-electron chi connectivity index (χ3n) is 5.91. The molecule has 0 N–H and O–H groups in total. The smallest absolute Gasteiger partial charge is 0.273 e. The van der Waals surface area contributed by atoms with Crippen molar-refractivity contribution in [3.63, 3.8) is 0 Å². The van der Waals surface area contributed by atoms with Crippen LogP contribution in [0.5, 0.6) is 0 Å². The van der Waals surface area contributed by atoms with Crippen LogP contribution in [0.2, 0.25) is 0 Å². The summed E-state index contributed by atoms with van der Waals surface area (Å²) in [6.45, 7) is 1.66. The molecule has 4 rings (SSSR count). The first-order valence-corrected chi connectivity index (χ1v) is 9.56. The maximum absolute atomic E-state index is 12.8. The third-order valence-corrected chi connectivity index (χ3v) is 5.91. The topological polar surface area (TPSA) is 95.1 Å². The molecule has 1 saturated carbocycles. The van der Waals surface area contributed by atoms with Gasteiger partial charge in [-0.1, -0.05) is 31.9 Å². The molecule has 146 valence electrons. The molecule has 2 atom stereocenters. The van der Waals surface area contributed by atoms with Crippen molar-refractivity contribution in [3.05, 3.63) is 35.4 Å². The lowest BCUT2D eigenvalue weighted by Crippen LogP contribution is -2.46. The van der Waals surface area contributed by atoms with Crippen LogP contribution in [0.15, 0.2) is 24.3 Å². The lowest BCUT2D eigenvalue weighted by atomic mass is 9.85. The van der Waals surface area contributed by atoms with Crippen LogP contribution in [0, 0.1) is 5.92 Å². The fourth-order valence-electron chi connectivity index (χ4n) is 4.33. The first-order valence-electron chi connectivity index (χ1n) is 9.56. The Morgan fingerprint density at radius 3 is 1.96 bits per heavy atom. The molecule has 8 heteroatoms. The summed E-state index contributed by atoms with van der Waals surface area (Å²) in [5.41, 5.74) is 0.612. The molecule has 1 aromatic rings. The summed E-state index contributed by atoms with van der Waals surface area (Å²) in [6, 6.07) is 5.55. The van der Waals surface area contributed by atoms with Gasteiger partial charge in [0.25, 0.3) is 11.8 Å². The molecule has 1 aromatic carbocycles. The zero-order chi connectivity index (χ0) is 20.0. The summed E-state index contributed by atoms with van der Waals surface area (Å²) in [7, 11) is 0. The van der Waals surface area contributed by atoms with Gasteiger partial charge in [-0.2, -0.15) is 0 Å². The summed E-state index contributed by atoms with van der Waals surface area (Å²) < 4.78 is 0. The molecule has 0 aromatic heterocycles. The first kappa shape index (κ1) is 18.3. The van der Waals surface area contributed by atoms with Crippen LogP contribution in [-0.4, -0.2) is 63.5 Å². The molecule has 2 heterocycles. The number of imide groups is 3. The molecule has 2 fully saturated rings. The van der Waals surface area contributed by atoms with E-state index in [4.69, 9.17) is 0 Å². The number of hydrogen-bond acceptors (Lipinski definition) is 5. The minimum atomic E-state index is -0.889. The maximum Gasteiger partial charge on any atom is 0.334 e. The van der Waals surface area contributed by atoms with E-state index in [-0.39, 0.29) is 25.0 Å². The van der Waals surface area contributed by atoms with Crippen molar-refractivity contribution < 1.29 is 24.0 Å². The van der Waals surface area contributed by atoms with Gasteiger partial charge in [0, 0.05) is 19.1 Å². The summed E-state index contributed by atoms with van der Waals surface area (Å²) in [4.78, 5) is 65.4. The standard InChI is InChI=1S/C20H21N3O5/c1-12-6-2-5-9-15(12)23-19(27)18(26)22(20(23)28)11-10-21-16(24)13-7-3-4-8-14(13)17(21)25/h3-4,7-8,12,15H,2,5-6,9-11H2,1H3/t12-,15+/m0/s1. The van der Waals surface area contributed by atoms with E-state index in [9.17, 15) is 24.0 Å². The highest BCUT2D eigenvalue weighted by Crippen LogP contribution is 2.31. The number of hydrogen-bond donors (Lipinski definition) is 0. The molecule has 0 unspecified atom stereocenters. The molecule has 0 radical (unpaired) electrons. The van der Waals surface area contributed by atoms with Crippen LogP contribution in [0.4, 0.5) is 4.79 Å². The Balaban J connectivity index is 1.48. The first-order chi connectivity index (χ1) is 13.4. The van der Waals surface area contributed by atoms with E-state index < -0.39 is 29.7 Å². The zero-order valence-corrected chi connectivity index (χ0v) is 15.6. The van der Waals surface area contributed by atoms with Gasteiger partial charge in [0.1, 0.15) is 0 Å². The Morgan fingerprint density at radius 1 is 0.786 bits per heavy atom. The van der Waals surface area contributed by atoms with E-state index in [1.54, 1.807) is 24.3 Å². The highest BCUT2D eigenvalue weighted by molar-refractivity contribution is 6.44. The fraction of sp³-hybridized carbons (Fsp3) is 0.450. The second-order valence-corrected chi connectivity index (χ2v) is 7.55. The fourth-order valence-corrected chi connectivity index (χ4v) is 4.33. The number of benzene rings is 1. The van der Waals surface area contributed by atoms with Crippen molar-refractivity contribution in [2.75, 3.05) is 13.1 Å². The summed E-state index contributed by atoms with van der Waals surface area (Å²) in [5.74, 6) is -2.47. The van der Waals surface area contributed by atoms with Crippen molar-refractivity contribution in [3.8, 4) is 0 Å². The van der Waals surface area contributed by atoms with E-state index in [0.717, 1.165) is 34.0 Å². The third kappa shape index (κ3) is 2.71. The molecule has 8 nitrogen and oxygen atoms in total. The quantitative estimate of drug-likeness (QED) is 0.448. The average Bonchev–Trinajstić information content (AvgIpc) is 3.06. The summed E-state index contributed by atoms with van der Waals surface area (Å²) >= 11 is 0. The van der Waals surface area contributed by atoms with E-state index in [0.29, 0.717) is 17.5 Å². The molecular formula is C20H21N3O5. The number of urea groups is 1. The van der Waals surface area contributed by atoms with Crippen LogP contribution < -0.4 is 0 Å².